The number of carbonyl (C=O) groups is 1. The van der Waals surface area contributed by atoms with Gasteiger partial charge in [-0.3, -0.25) is 4.79 Å². The Balaban J connectivity index is 2.30. The fourth-order valence-corrected chi connectivity index (χ4v) is 1.89. The molecule has 0 fully saturated rings. The van der Waals surface area contributed by atoms with Crippen molar-refractivity contribution >= 4 is 11.6 Å². The second kappa shape index (κ2) is 6.60. The van der Waals surface area contributed by atoms with E-state index in [0.29, 0.717) is 22.4 Å². The van der Waals surface area contributed by atoms with Gasteiger partial charge in [0.15, 0.2) is 0 Å². The van der Waals surface area contributed by atoms with E-state index in [1.807, 2.05) is 0 Å². The lowest BCUT2D eigenvalue weighted by molar-refractivity contribution is 0.102. The molecule has 0 saturated carbocycles. The number of aliphatic hydroxyl groups excluding tert-OH is 1. The molecule has 0 unspecified atom stereocenters. The van der Waals surface area contributed by atoms with E-state index in [9.17, 15) is 9.90 Å². The molecule has 1 amide bonds. The van der Waals surface area contributed by atoms with E-state index in [-0.39, 0.29) is 18.3 Å². The van der Waals surface area contributed by atoms with E-state index < -0.39 is 0 Å². The quantitative estimate of drug-likeness (QED) is 0.740. The minimum absolute atomic E-state index is 0.0796. The number of benzene rings is 2. The van der Waals surface area contributed by atoms with Crippen molar-refractivity contribution in [3.8, 4) is 17.6 Å². The Morgan fingerprint density at radius 1 is 1.19 bits per heavy atom. The standard InChI is InChI=1S/C17H15NO3/c1-12-14(8-4-10-16(12)20)17(21)18-15-9-3-2-6-13(15)7-5-11-19/h2-4,6,8-10,19-20H,11H2,1H3,(H,18,21). The number of amides is 1. The summed E-state index contributed by atoms with van der Waals surface area (Å²) < 4.78 is 0. The minimum atomic E-state index is -0.318. The molecule has 0 aromatic heterocycles. The van der Waals surface area contributed by atoms with Crippen LogP contribution in [0.25, 0.3) is 0 Å². The van der Waals surface area contributed by atoms with Crippen LogP contribution in [0.4, 0.5) is 5.69 Å². The minimum Gasteiger partial charge on any atom is -0.508 e. The molecule has 0 aliphatic rings. The number of carbonyl (C=O) groups excluding carboxylic acids is 1. The summed E-state index contributed by atoms with van der Waals surface area (Å²) in [6, 6.07) is 11.9. The normalized spacial score (nSPS) is 9.62. The molecule has 4 nitrogen and oxygen atoms in total. The molecule has 0 atom stereocenters. The van der Waals surface area contributed by atoms with Crippen LogP contribution in [0.3, 0.4) is 0 Å². The van der Waals surface area contributed by atoms with Crippen molar-refractivity contribution in [2.45, 2.75) is 6.92 Å². The maximum Gasteiger partial charge on any atom is 0.256 e. The molecule has 2 rings (SSSR count). The molecule has 0 aliphatic carbocycles. The third-order valence-electron chi connectivity index (χ3n) is 3.03. The largest absolute Gasteiger partial charge is 0.508 e. The highest BCUT2D eigenvalue weighted by Crippen LogP contribution is 2.21. The van der Waals surface area contributed by atoms with Gasteiger partial charge in [-0.1, -0.05) is 30.0 Å². The van der Waals surface area contributed by atoms with Gasteiger partial charge in [0.2, 0.25) is 0 Å². The highest BCUT2D eigenvalue weighted by Gasteiger charge is 2.12. The number of anilines is 1. The smallest absolute Gasteiger partial charge is 0.256 e. The van der Waals surface area contributed by atoms with Gasteiger partial charge in [-0.2, -0.15) is 0 Å². The first kappa shape index (κ1) is 14.6. The summed E-state index contributed by atoms with van der Waals surface area (Å²) in [5.41, 5.74) is 2.11. The van der Waals surface area contributed by atoms with Crippen LogP contribution in [0.2, 0.25) is 0 Å². The molecule has 0 spiro atoms. The summed E-state index contributed by atoms with van der Waals surface area (Å²) >= 11 is 0. The molecule has 3 N–H and O–H groups in total. The third-order valence-corrected chi connectivity index (χ3v) is 3.03. The van der Waals surface area contributed by atoms with Crippen molar-refractivity contribution < 1.29 is 15.0 Å². The number of hydrogen-bond donors (Lipinski definition) is 3. The van der Waals surface area contributed by atoms with Crippen LogP contribution in [0.5, 0.6) is 5.75 Å². The van der Waals surface area contributed by atoms with Gasteiger partial charge in [0.25, 0.3) is 5.91 Å². The SMILES string of the molecule is Cc1c(O)cccc1C(=O)Nc1ccccc1C#CCO. The molecule has 21 heavy (non-hydrogen) atoms. The molecule has 0 heterocycles. The monoisotopic (exact) mass is 281 g/mol. The lowest BCUT2D eigenvalue weighted by atomic mass is 10.1. The lowest BCUT2D eigenvalue weighted by Gasteiger charge is -2.10. The van der Waals surface area contributed by atoms with Gasteiger partial charge in [0.05, 0.1) is 5.69 Å². The lowest BCUT2D eigenvalue weighted by Crippen LogP contribution is -2.14. The van der Waals surface area contributed by atoms with Gasteiger partial charge in [0, 0.05) is 16.7 Å². The predicted octanol–water partition coefficient (Wildman–Crippen LogP) is 2.30. The van der Waals surface area contributed by atoms with Crippen molar-refractivity contribution in [3.63, 3.8) is 0 Å². The van der Waals surface area contributed by atoms with E-state index in [4.69, 9.17) is 5.11 Å². The van der Waals surface area contributed by atoms with Gasteiger partial charge in [0.1, 0.15) is 12.4 Å². The molecule has 0 bridgehead atoms. The number of aliphatic hydroxyl groups is 1. The van der Waals surface area contributed by atoms with E-state index >= 15 is 0 Å². The van der Waals surface area contributed by atoms with Gasteiger partial charge < -0.3 is 15.5 Å². The third kappa shape index (κ3) is 3.41. The molecule has 106 valence electrons. The Bertz CT molecular complexity index is 726. The van der Waals surface area contributed by atoms with Gasteiger partial charge >= 0.3 is 0 Å². The van der Waals surface area contributed by atoms with Crippen LogP contribution in [-0.2, 0) is 0 Å². The van der Waals surface area contributed by atoms with Gasteiger partial charge in [-0.05, 0) is 31.2 Å². The second-order valence-electron chi connectivity index (χ2n) is 4.41. The summed E-state index contributed by atoms with van der Waals surface area (Å²) in [5.74, 6) is 5.10. The van der Waals surface area contributed by atoms with Crippen LogP contribution in [0, 0.1) is 18.8 Å². The van der Waals surface area contributed by atoms with Crippen molar-refractivity contribution in [1.29, 1.82) is 0 Å². The maximum absolute atomic E-state index is 12.3. The predicted molar refractivity (Wildman–Crippen MR) is 81.2 cm³/mol. The zero-order valence-corrected chi connectivity index (χ0v) is 11.6. The first-order chi connectivity index (χ1) is 10.1. The summed E-state index contributed by atoms with van der Waals surface area (Å²) in [7, 11) is 0. The number of rotatable bonds is 2. The van der Waals surface area contributed by atoms with Crippen molar-refractivity contribution in [1.82, 2.24) is 0 Å². The molecule has 2 aromatic carbocycles. The first-order valence-electron chi connectivity index (χ1n) is 6.42. The highest BCUT2D eigenvalue weighted by atomic mass is 16.3. The zero-order valence-electron chi connectivity index (χ0n) is 11.6. The number of phenols is 1. The van der Waals surface area contributed by atoms with Crippen LogP contribution in [0.15, 0.2) is 42.5 Å². The van der Waals surface area contributed by atoms with E-state index in [2.05, 4.69) is 17.2 Å². The van der Waals surface area contributed by atoms with Crippen molar-refractivity contribution in [2.24, 2.45) is 0 Å². The highest BCUT2D eigenvalue weighted by molar-refractivity contribution is 6.06. The van der Waals surface area contributed by atoms with E-state index in [1.54, 1.807) is 43.3 Å². The molecular formula is C17H15NO3. The molecular weight excluding hydrogens is 266 g/mol. The summed E-state index contributed by atoms with van der Waals surface area (Å²) in [5, 5.41) is 21.2. The Labute approximate surface area is 123 Å². The van der Waals surface area contributed by atoms with Crippen molar-refractivity contribution in [3.05, 3.63) is 59.2 Å². The van der Waals surface area contributed by atoms with E-state index in [0.717, 1.165) is 0 Å². The van der Waals surface area contributed by atoms with Crippen LogP contribution >= 0.6 is 0 Å². The molecule has 2 aromatic rings. The topological polar surface area (TPSA) is 69.6 Å². The number of phenolic OH excluding ortho intramolecular Hbond substituents is 1. The number of aromatic hydroxyl groups is 1. The maximum atomic E-state index is 12.3. The van der Waals surface area contributed by atoms with Crippen LogP contribution in [-0.4, -0.2) is 22.7 Å². The number of para-hydroxylation sites is 1. The molecule has 0 aliphatic heterocycles. The van der Waals surface area contributed by atoms with Crippen LogP contribution in [0.1, 0.15) is 21.5 Å². The summed E-state index contributed by atoms with van der Waals surface area (Å²) in [6.07, 6.45) is 0. The first-order valence-corrected chi connectivity index (χ1v) is 6.42. The Morgan fingerprint density at radius 2 is 1.95 bits per heavy atom. The average Bonchev–Trinajstić information content (AvgIpc) is 2.49. The Morgan fingerprint density at radius 3 is 2.71 bits per heavy atom. The number of hydrogen-bond acceptors (Lipinski definition) is 3. The number of nitrogens with one attached hydrogen (secondary N) is 1. The Kier molecular flexibility index (Phi) is 4.60. The molecule has 0 saturated heterocycles. The zero-order chi connectivity index (χ0) is 15.2. The van der Waals surface area contributed by atoms with Crippen molar-refractivity contribution in [2.75, 3.05) is 11.9 Å². The van der Waals surface area contributed by atoms with Gasteiger partial charge in [-0.25, -0.2) is 0 Å². The molecule has 0 radical (unpaired) electrons. The van der Waals surface area contributed by atoms with Gasteiger partial charge in [-0.15, -0.1) is 0 Å². The summed E-state index contributed by atoms with van der Waals surface area (Å²) in [6.45, 7) is 1.44. The van der Waals surface area contributed by atoms with E-state index in [1.165, 1.54) is 6.07 Å². The Hall–Kier alpha value is -2.77. The fourth-order valence-electron chi connectivity index (χ4n) is 1.89. The average molecular weight is 281 g/mol. The second-order valence-corrected chi connectivity index (χ2v) is 4.41. The fraction of sp³-hybridized carbons (Fsp3) is 0.118. The molecule has 4 heteroatoms. The summed E-state index contributed by atoms with van der Waals surface area (Å²) in [4.78, 5) is 12.3. The van der Waals surface area contributed by atoms with Crippen LogP contribution < -0.4 is 5.32 Å².